The largest absolute Gasteiger partial charge is 0.353 e. The fourth-order valence-corrected chi connectivity index (χ4v) is 2.68. The van der Waals surface area contributed by atoms with Crippen LogP contribution in [0.5, 0.6) is 0 Å². The van der Waals surface area contributed by atoms with Gasteiger partial charge in [-0.15, -0.1) is 0 Å². The van der Waals surface area contributed by atoms with Gasteiger partial charge in [0.1, 0.15) is 0 Å². The number of amides is 1. The molecule has 1 atom stereocenters. The number of rotatable bonds is 6. The standard InChI is InChI=1S/C13H22N2O/c14-11(8-1-2-8)7-12(16)15-13(9-3-4-9)10-5-6-10/h8-11,13H,1-7,14H2,(H,15,16). The van der Waals surface area contributed by atoms with E-state index in [2.05, 4.69) is 5.32 Å². The van der Waals surface area contributed by atoms with E-state index in [0.717, 1.165) is 11.8 Å². The Hall–Kier alpha value is -0.570. The molecule has 0 heterocycles. The lowest BCUT2D eigenvalue weighted by Crippen LogP contribution is -2.41. The number of nitrogens with one attached hydrogen (secondary N) is 1. The first kappa shape index (κ1) is 10.6. The molecule has 1 amide bonds. The average Bonchev–Trinajstić information content (AvgIpc) is 3.17. The van der Waals surface area contributed by atoms with E-state index in [-0.39, 0.29) is 11.9 Å². The molecule has 3 saturated carbocycles. The summed E-state index contributed by atoms with van der Waals surface area (Å²) in [6.07, 6.45) is 8.26. The molecule has 0 spiro atoms. The van der Waals surface area contributed by atoms with Gasteiger partial charge in [-0.1, -0.05) is 0 Å². The predicted octanol–water partition coefficient (Wildman–Crippen LogP) is 1.42. The fraction of sp³-hybridized carbons (Fsp3) is 0.923. The summed E-state index contributed by atoms with van der Waals surface area (Å²) >= 11 is 0. The molecule has 3 aliphatic carbocycles. The van der Waals surface area contributed by atoms with Gasteiger partial charge in [0, 0.05) is 18.5 Å². The van der Waals surface area contributed by atoms with Crippen LogP contribution in [0.15, 0.2) is 0 Å². The van der Waals surface area contributed by atoms with Crippen LogP contribution in [0.25, 0.3) is 0 Å². The maximum Gasteiger partial charge on any atom is 0.221 e. The van der Waals surface area contributed by atoms with Gasteiger partial charge in [0.05, 0.1) is 0 Å². The third-order valence-corrected chi connectivity index (χ3v) is 4.24. The van der Waals surface area contributed by atoms with Crippen molar-refractivity contribution < 1.29 is 4.79 Å². The highest BCUT2D eigenvalue weighted by atomic mass is 16.1. The Morgan fingerprint density at radius 3 is 2.00 bits per heavy atom. The van der Waals surface area contributed by atoms with Gasteiger partial charge >= 0.3 is 0 Å². The van der Waals surface area contributed by atoms with E-state index in [4.69, 9.17) is 5.73 Å². The lowest BCUT2D eigenvalue weighted by molar-refractivity contribution is -0.122. The van der Waals surface area contributed by atoms with E-state index in [0.29, 0.717) is 18.4 Å². The fourth-order valence-electron chi connectivity index (χ4n) is 2.68. The third kappa shape index (κ3) is 2.57. The van der Waals surface area contributed by atoms with Crippen molar-refractivity contribution in [3.8, 4) is 0 Å². The van der Waals surface area contributed by atoms with Gasteiger partial charge in [-0.05, 0) is 56.3 Å². The van der Waals surface area contributed by atoms with Crippen molar-refractivity contribution in [1.82, 2.24) is 5.32 Å². The van der Waals surface area contributed by atoms with Crippen LogP contribution in [0.1, 0.15) is 44.9 Å². The predicted molar refractivity (Wildman–Crippen MR) is 62.7 cm³/mol. The van der Waals surface area contributed by atoms with Crippen LogP contribution >= 0.6 is 0 Å². The first-order valence-electron chi connectivity index (χ1n) is 6.79. The van der Waals surface area contributed by atoms with Crippen molar-refractivity contribution in [2.45, 2.75) is 57.0 Å². The minimum absolute atomic E-state index is 0.110. The lowest BCUT2D eigenvalue weighted by atomic mass is 10.1. The van der Waals surface area contributed by atoms with Crippen molar-refractivity contribution in [3.05, 3.63) is 0 Å². The Morgan fingerprint density at radius 2 is 1.56 bits per heavy atom. The lowest BCUT2D eigenvalue weighted by Gasteiger charge is -2.19. The molecule has 3 nitrogen and oxygen atoms in total. The zero-order valence-corrected chi connectivity index (χ0v) is 9.82. The maximum atomic E-state index is 11.9. The number of carbonyl (C=O) groups excluding carboxylic acids is 1. The zero-order chi connectivity index (χ0) is 11.1. The second kappa shape index (κ2) is 4.02. The van der Waals surface area contributed by atoms with Crippen LogP contribution in [-0.4, -0.2) is 18.0 Å². The summed E-state index contributed by atoms with van der Waals surface area (Å²) in [5, 5.41) is 3.24. The van der Waals surface area contributed by atoms with Crippen LogP contribution in [-0.2, 0) is 4.79 Å². The molecule has 3 heteroatoms. The molecular weight excluding hydrogens is 200 g/mol. The first-order valence-corrected chi connectivity index (χ1v) is 6.79. The number of nitrogens with two attached hydrogens (primary N) is 1. The number of hydrogen-bond donors (Lipinski definition) is 2. The van der Waals surface area contributed by atoms with Gasteiger partial charge in [0.25, 0.3) is 0 Å². The summed E-state index contributed by atoms with van der Waals surface area (Å²) in [6.45, 7) is 0. The molecule has 3 N–H and O–H groups in total. The second-order valence-electron chi connectivity index (χ2n) is 5.97. The van der Waals surface area contributed by atoms with Crippen LogP contribution in [0.2, 0.25) is 0 Å². The molecule has 16 heavy (non-hydrogen) atoms. The highest BCUT2D eigenvalue weighted by Crippen LogP contribution is 2.44. The van der Waals surface area contributed by atoms with E-state index in [1.807, 2.05) is 0 Å². The summed E-state index contributed by atoms with van der Waals surface area (Å²) in [5.74, 6) is 2.40. The highest BCUT2D eigenvalue weighted by molar-refractivity contribution is 5.77. The molecule has 0 aromatic heterocycles. The number of hydrogen-bond acceptors (Lipinski definition) is 2. The van der Waals surface area contributed by atoms with E-state index in [9.17, 15) is 4.79 Å². The summed E-state index contributed by atoms with van der Waals surface area (Å²) in [5.41, 5.74) is 5.98. The van der Waals surface area contributed by atoms with Gasteiger partial charge in [0.2, 0.25) is 5.91 Å². The van der Waals surface area contributed by atoms with Crippen molar-refractivity contribution in [2.75, 3.05) is 0 Å². The molecule has 90 valence electrons. The van der Waals surface area contributed by atoms with Crippen molar-refractivity contribution in [2.24, 2.45) is 23.5 Å². The van der Waals surface area contributed by atoms with Crippen molar-refractivity contribution in [1.29, 1.82) is 0 Å². The Kier molecular flexibility index (Phi) is 2.66. The topological polar surface area (TPSA) is 55.1 Å². The Balaban J connectivity index is 1.46. The summed E-state index contributed by atoms with van der Waals surface area (Å²) < 4.78 is 0. The summed E-state index contributed by atoms with van der Waals surface area (Å²) in [6, 6.07) is 0.595. The van der Waals surface area contributed by atoms with Gasteiger partial charge in [-0.3, -0.25) is 4.79 Å². The van der Waals surface area contributed by atoms with Crippen LogP contribution in [0, 0.1) is 17.8 Å². The average molecular weight is 222 g/mol. The van der Waals surface area contributed by atoms with Gasteiger partial charge in [-0.2, -0.15) is 0 Å². The molecule has 0 saturated heterocycles. The quantitative estimate of drug-likeness (QED) is 0.714. The van der Waals surface area contributed by atoms with Gasteiger partial charge in [0.15, 0.2) is 0 Å². The normalized spacial score (nSPS) is 26.9. The number of carbonyl (C=O) groups is 1. The monoisotopic (exact) mass is 222 g/mol. The van der Waals surface area contributed by atoms with Crippen LogP contribution in [0.3, 0.4) is 0 Å². The van der Waals surface area contributed by atoms with Crippen LogP contribution < -0.4 is 11.1 Å². The molecule has 0 aromatic rings. The van der Waals surface area contributed by atoms with E-state index in [1.165, 1.54) is 38.5 Å². The molecule has 1 unspecified atom stereocenters. The molecule has 0 radical (unpaired) electrons. The van der Waals surface area contributed by atoms with Gasteiger partial charge < -0.3 is 11.1 Å². The van der Waals surface area contributed by atoms with E-state index in [1.54, 1.807) is 0 Å². The second-order valence-corrected chi connectivity index (χ2v) is 5.97. The molecule has 0 aromatic carbocycles. The smallest absolute Gasteiger partial charge is 0.221 e. The van der Waals surface area contributed by atoms with Gasteiger partial charge in [-0.25, -0.2) is 0 Å². The first-order chi connectivity index (χ1) is 7.74. The van der Waals surface area contributed by atoms with E-state index < -0.39 is 0 Å². The van der Waals surface area contributed by atoms with Crippen molar-refractivity contribution in [3.63, 3.8) is 0 Å². The minimum atomic E-state index is 0.110. The highest BCUT2D eigenvalue weighted by Gasteiger charge is 2.42. The molecule has 3 aliphatic rings. The SMILES string of the molecule is NC(CC(=O)NC(C1CC1)C1CC1)C1CC1. The molecule has 0 aliphatic heterocycles. The van der Waals surface area contributed by atoms with Crippen molar-refractivity contribution >= 4 is 5.91 Å². The van der Waals surface area contributed by atoms with E-state index >= 15 is 0 Å². The third-order valence-electron chi connectivity index (χ3n) is 4.24. The summed E-state index contributed by atoms with van der Waals surface area (Å²) in [4.78, 5) is 11.9. The minimum Gasteiger partial charge on any atom is -0.353 e. The Morgan fingerprint density at radius 1 is 1.06 bits per heavy atom. The maximum absolute atomic E-state index is 11.9. The molecule has 0 bridgehead atoms. The molecule has 3 fully saturated rings. The zero-order valence-electron chi connectivity index (χ0n) is 9.82. The molecular formula is C13H22N2O. The van der Waals surface area contributed by atoms with Crippen LogP contribution in [0.4, 0.5) is 0 Å². The molecule has 3 rings (SSSR count). The summed E-state index contributed by atoms with van der Waals surface area (Å²) in [7, 11) is 0. The Labute approximate surface area is 97.2 Å². The Bertz CT molecular complexity index is 268.